The minimum absolute atomic E-state index is 0.235. The van der Waals surface area contributed by atoms with Crippen molar-refractivity contribution in [2.45, 2.75) is 52.0 Å². The fraction of sp³-hybridized carbons (Fsp3) is 0.909. The number of nitrogens with one attached hydrogen (secondary N) is 1. The summed E-state index contributed by atoms with van der Waals surface area (Å²) < 4.78 is 0. The molecule has 98 valence electrons. The quantitative estimate of drug-likeness (QED) is 0.519. The molecule has 17 heavy (non-hydrogen) atoms. The summed E-state index contributed by atoms with van der Waals surface area (Å²) in [5.41, 5.74) is 2.91. The molecule has 1 heterocycles. The largest absolute Gasteiger partial charge is 0.271 e. The fourth-order valence-electron chi connectivity index (χ4n) is 2.25. The minimum Gasteiger partial charge on any atom is -0.271 e. The first-order valence-corrected chi connectivity index (χ1v) is 6.40. The molecule has 1 rings (SSSR count). The van der Waals surface area contributed by atoms with E-state index in [0.717, 1.165) is 12.2 Å². The van der Waals surface area contributed by atoms with Crippen molar-refractivity contribution in [3.05, 3.63) is 5.82 Å². The molecule has 0 fully saturated rings. The smallest absolute Gasteiger partial charge is 0.176 e. The summed E-state index contributed by atoms with van der Waals surface area (Å²) >= 11 is 0. The van der Waals surface area contributed by atoms with Crippen LogP contribution in [0.5, 0.6) is 0 Å². The molecule has 0 aliphatic heterocycles. The zero-order chi connectivity index (χ0) is 12.7. The van der Waals surface area contributed by atoms with Crippen molar-refractivity contribution in [1.82, 2.24) is 25.6 Å². The first kappa shape index (κ1) is 14.1. The molecule has 0 spiro atoms. The van der Waals surface area contributed by atoms with Crippen molar-refractivity contribution >= 4 is 0 Å². The first-order chi connectivity index (χ1) is 8.21. The molecule has 0 amide bonds. The van der Waals surface area contributed by atoms with Gasteiger partial charge in [-0.15, -0.1) is 10.2 Å². The van der Waals surface area contributed by atoms with Crippen LogP contribution < -0.4 is 11.3 Å². The van der Waals surface area contributed by atoms with Gasteiger partial charge in [-0.25, -0.2) is 0 Å². The zero-order valence-corrected chi connectivity index (χ0v) is 11.1. The van der Waals surface area contributed by atoms with Gasteiger partial charge in [0.2, 0.25) is 0 Å². The van der Waals surface area contributed by atoms with Crippen LogP contribution in [0.4, 0.5) is 0 Å². The highest BCUT2D eigenvalue weighted by molar-refractivity contribution is 4.87. The van der Waals surface area contributed by atoms with E-state index in [1.165, 1.54) is 30.5 Å². The van der Waals surface area contributed by atoms with Gasteiger partial charge in [0.15, 0.2) is 5.82 Å². The average molecular weight is 240 g/mol. The summed E-state index contributed by atoms with van der Waals surface area (Å²) in [6.45, 7) is 4.41. The van der Waals surface area contributed by atoms with Crippen LogP contribution >= 0.6 is 0 Å². The van der Waals surface area contributed by atoms with Crippen LogP contribution in [-0.2, 0) is 13.5 Å². The Balaban J connectivity index is 2.61. The molecule has 0 bridgehead atoms. The van der Waals surface area contributed by atoms with E-state index in [0.29, 0.717) is 5.92 Å². The Labute approximate surface area is 103 Å². The number of hydrogen-bond donors (Lipinski definition) is 2. The number of hydrazine groups is 1. The maximum absolute atomic E-state index is 5.66. The van der Waals surface area contributed by atoms with Crippen LogP contribution in [0.2, 0.25) is 0 Å². The zero-order valence-electron chi connectivity index (χ0n) is 11.1. The molecule has 3 N–H and O–H groups in total. The van der Waals surface area contributed by atoms with Crippen LogP contribution in [0.25, 0.3) is 0 Å². The van der Waals surface area contributed by atoms with Crippen LogP contribution in [0.1, 0.15) is 45.4 Å². The van der Waals surface area contributed by atoms with Gasteiger partial charge in [-0.1, -0.05) is 26.7 Å². The number of rotatable bonds is 8. The van der Waals surface area contributed by atoms with Crippen molar-refractivity contribution in [2.75, 3.05) is 0 Å². The third kappa shape index (κ3) is 4.40. The predicted molar refractivity (Wildman–Crippen MR) is 66.9 cm³/mol. The van der Waals surface area contributed by atoms with E-state index in [4.69, 9.17) is 5.84 Å². The predicted octanol–water partition coefficient (Wildman–Crippen LogP) is 0.801. The van der Waals surface area contributed by atoms with Gasteiger partial charge < -0.3 is 0 Å². The summed E-state index contributed by atoms with van der Waals surface area (Å²) in [6, 6.07) is 0.235. The Hall–Kier alpha value is -1.01. The maximum atomic E-state index is 5.66. The van der Waals surface area contributed by atoms with E-state index < -0.39 is 0 Å². The van der Waals surface area contributed by atoms with E-state index in [-0.39, 0.29) is 6.04 Å². The Bertz CT molecular complexity index is 305. The lowest BCUT2D eigenvalue weighted by atomic mass is 9.89. The molecule has 0 radical (unpaired) electrons. The molecule has 0 aliphatic carbocycles. The normalized spacial score (nSPS) is 13.2. The molecule has 1 aromatic heterocycles. The minimum atomic E-state index is 0.235. The number of tetrazole rings is 1. The monoisotopic (exact) mass is 240 g/mol. The SMILES string of the molecule is CCCC(CCC)C(Cc1nnn(C)n1)NN. The Morgan fingerprint density at radius 2 is 1.94 bits per heavy atom. The van der Waals surface area contributed by atoms with Crippen molar-refractivity contribution in [3.8, 4) is 0 Å². The topological polar surface area (TPSA) is 81.7 Å². The number of nitrogens with two attached hydrogens (primary N) is 1. The lowest BCUT2D eigenvalue weighted by molar-refractivity contribution is 0.308. The number of hydrogen-bond acceptors (Lipinski definition) is 5. The third-order valence-corrected chi connectivity index (χ3v) is 3.05. The van der Waals surface area contributed by atoms with Gasteiger partial charge in [-0.2, -0.15) is 4.80 Å². The van der Waals surface area contributed by atoms with Crippen molar-refractivity contribution in [3.63, 3.8) is 0 Å². The average Bonchev–Trinajstić information content (AvgIpc) is 2.72. The van der Waals surface area contributed by atoms with Crippen molar-refractivity contribution < 1.29 is 0 Å². The summed E-state index contributed by atoms with van der Waals surface area (Å²) in [5.74, 6) is 7.00. The number of aryl methyl sites for hydroxylation is 1. The summed E-state index contributed by atoms with van der Waals surface area (Å²) in [4.78, 5) is 1.48. The summed E-state index contributed by atoms with van der Waals surface area (Å²) in [5, 5.41) is 12.1. The second-order valence-electron chi connectivity index (χ2n) is 4.51. The van der Waals surface area contributed by atoms with Gasteiger partial charge in [-0.05, 0) is 24.0 Å². The van der Waals surface area contributed by atoms with Crippen molar-refractivity contribution in [1.29, 1.82) is 0 Å². The highest BCUT2D eigenvalue weighted by atomic mass is 15.6. The Kier molecular flexibility index (Phi) is 6.07. The maximum Gasteiger partial charge on any atom is 0.176 e. The second-order valence-corrected chi connectivity index (χ2v) is 4.51. The Morgan fingerprint density at radius 3 is 2.35 bits per heavy atom. The number of nitrogens with zero attached hydrogens (tertiary/aromatic N) is 4. The third-order valence-electron chi connectivity index (χ3n) is 3.05. The molecular formula is C11H24N6. The first-order valence-electron chi connectivity index (χ1n) is 6.40. The van der Waals surface area contributed by atoms with E-state index in [1.54, 1.807) is 7.05 Å². The van der Waals surface area contributed by atoms with Crippen LogP contribution in [0, 0.1) is 5.92 Å². The second kappa shape index (κ2) is 7.34. The molecule has 1 unspecified atom stereocenters. The molecular weight excluding hydrogens is 216 g/mol. The van der Waals surface area contributed by atoms with Crippen molar-refractivity contribution in [2.24, 2.45) is 18.8 Å². The lowest BCUT2D eigenvalue weighted by Crippen LogP contribution is -2.42. The molecule has 6 heteroatoms. The van der Waals surface area contributed by atoms with Crippen LogP contribution in [0.3, 0.4) is 0 Å². The molecule has 6 nitrogen and oxygen atoms in total. The highest BCUT2D eigenvalue weighted by Gasteiger charge is 2.21. The van der Waals surface area contributed by atoms with Gasteiger partial charge in [0.1, 0.15) is 0 Å². The Morgan fingerprint density at radius 1 is 1.29 bits per heavy atom. The van der Waals surface area contributed by atoms with E-state index in [9.17, 15) is 0 Å². The van der Waals surface area contributed by atoms with Gasteiger partial charge in [0, 0.05) is 12.5 Å². The fourth-order valence-corrected chi connectivity index (χ4v) is 2.25. The number of aromatic nitrogens is 4. The molecule has 0 aromatic carbocycles. The van der Waals surface area contributed by atoms with Gasteiger partial charge in [0.25, 0.3) is 0 Å². The lowest BCUT2D eigenvalue weighted by Gasteiger charge is -2.25. The van der Waals surface area contributed by atoms with E-state index in [2.05, 4.69) is 34.7 Å². The molecule has 0 saturated carbocycles. The highest BCUT2D eigenvalue weighted by Crippen LogP contribution is 2.19. The van der Waals surface area contributed by atoms with Crippen LogP contribution in [-0.4, -0.2) is 26.2 Å². The molecule has 1 atom stereocenters. The molecule has 1 aromatic rings. The molecule has 0 saturated heterocycles. The van der Waals surface area contributed by atoms with Crippen LogP contribution in [0.15, 0.2) is 0 Å². The standard InChI is InChI=1S/C11H24N6/c1-4-6-9(7-5-2)10(13-12)8-11-14-16-17(3)15-11/h9-10,13H,4-8,12H2,1-3H3. The molecule has 0 aliphatic rings. The van der Waals surface area contributed by atoms with Gasteiger partial charge in [-0.3, -0.25) is 11.3 Å². The van der Waals surface area contributed by atoms with Gasteiger partial charge in [0.05, 0.1) is 7.05 Å². The van der Waals surface area contributed by atoms with E-state index in [1.807, 2.05) is 0 Å². The summed E-state index contributed by atoms with van der Waals surface area (Å²) in [6.07, 6.45) is 5.47. The van der Waals surface area contributed by atoms with Gasteiger partial charge >= 0.3 is 0 Å². The van der Waals surface area contributed by atoms with E-state index >= 15 is 0 Å². The summed E-state index contributed by atoms with van der Waals surface area (Å²) in [7, 11) is 1.77.